The number of nitrogens with zero attached hydrogens (tertiary/aromatic N) is 3. The predicted molar refractivity (Wildman–Crippen MR) is 33.3 cm³/mol. The van der Waals surface area contributed by atoms with Gasteiger partial charge in [-0.3, -0.25) is 0 Å². The van der Waals surface area contributed by atoms with E-state index in [0.717, 1.165) is 18.7 Å². The zero-order chi connectivity index (χ0) is 6.81. The van der Waals surface area contributed by atoms with E-state index in [1.807, 2.05) is 6.07 Å². The highest BCUT2D eigenvalue weighted by Gasteiger charge is 2.23. The first-order valence-electron chi connectivity index (χ1n) is 3.20. The Morgan fingerprint density at radius 3 is 3.20 bits per heavy atom. The lowest BCUT2D eigenvalue weighted by Gasteiger charge is -1.90. The Hall–Kier alpha value is -1.03. The van der Waals surface area contributed by atoms with Crippen LogP contribution in [0.4, 0.5) is 0 Å². The van der Waals surface area contributed by atoms with E-state index in [1.165, 1.54) is 0 Å². The van der Waals surface area contributed by atoms with E-state index in [9.17, 15) is 0 Å². The summed E-state index contributed by atoms with van der Waals surface area (Å²) in [5.74, 6) is 0. The van der Waals surface area contributed by atoms with Crippen molar-refractivity contribution in [1.29, 1.82) is 0 Å². The lowest BCUT2D eigenvalue weighted by Crippen LogP contribution is -1.98. The molecule has 1 aromatic heterocycles. The van der Waals surface area contributed by atoms with Crippen LogP contribution in [0.5, 0.6) is 0 Å². The van der Waals surface area contributed by atoms with Gasteiger partial charge in [0.1, 0.15) is 0 Å². The summed E-state index contributed by atoms with van der Waals surface area (Å²) in [6.07, 6.45) is 2.90. The summed E-state index contributed by atoms with van der Waals surface area (Å²) in [6, 6.07) is 1.86. The van der Waals surface area contributed by atoms with Crippen LogP contribution in [0.25, 0.3) is 0 Å². The number of rotatable bonds is 2. The smallest absolute Gasteiger partial charge is 0.0865 e. The first kappa shape index (κ1) is 5.73. The van der Waals surface area contributed by atoms with Crippen LogP contribution in [0.15, 0.2) is 12.3 Å². The van der Waals surface area contributed by atoms with Crippen LogP contribution in [0, 0.1) is 0 Å². The van der Waals surface area contributed by atoms with Crippen molar-refractivity contribution in [3.8, 4) is 0 Å². The van der Waals surface area contributed by atoms with Crippen LogP contribution < -0.4 is 0 Å². The molecule has 4 heteroatoms. The van der Waals surface area contributed by atoms with Crippen LogP contribution >= 0.6 is 0 Å². The number of hydrogen-bond acceptors (Lipinski definition) is 4. The zero-order valence-corrected chi connectivity index (χ0v) is 5.40. The second-order valence-corrected chi connectivity index (χ2v) is 2.27. The zero-order valence-electron chi connectivity index (χ0n) is 5.40. The Labute approximate surface area is 58.2 Å². The van der Waals surface area contributed by atoms with Gasteiger partial charge in [-0.1, -0.05) is 0 Å². The minimum atomic E-state index is 0.386. The van der Waals surface area contributed by atoms with Crippen molar-refractivity contribution >= 4 is 0 Å². The monoisotopic (exact) mass is 137 g/mol. The predicted octanol–water partition coefficient (Wildman–Crippen LogP) is -0.187. The number of ether oxygens (including phenoxy) is 1. The topological polar surface area (TPSA) is 51.2 Å². The molecule has 1 atom stereocenters. The molecule has 1 aliphatic heterocycles. The maximum atomic E-state index is 5.02. The van der Waals surface area contributed by atoms with Gasteiger partial charge in [-0.15, -0.1) is 10.2 Å². The molecule has 2 rings (SSSR count). The third-order valence-electron chi connectivity index (χ3n) is 1.40. The fraction of sp³-hybridized carbons (Fsp3) is 0.500. The molecule has 0 aromatic carbocycles. The largest absolute Gasteiger partial charge is 0.373 e. The molecular weight excluding hydrogens is 130 g/mol. The average Bonchev–Trinajstić information content (AvgIpc) is 2.74. The number of hydrogen-bond donors (Lipinski definition) is 0. The molecule has 1 unspecified atom stereocenters. The molecule has 0 amide bonds. The summed E-state index contributed by atoms with van der Waals surface area (Å²) in [5.41, 5.74) is 0.956. The Bertz CT molecular complexity index is 209. The van der Waals surface area contributed by atoms with Crippen molar-refractivity contribution in [2.45, 2.75) is 12.5 Å². The Balaban J connectivity index is 2.03. The molecule has 0 saturated carbocycles. The van der Waals surface area contributed by atoms with E-state index < -0.39 is 0 Å². The SMILES string of the molecule is c1cc(CC2CO2)nnn1. The normalized spacial score (nSPS) is 22.6. The molecule has 1 aromatic rings. The highest BCUT2D eigenvalue weighted by molar-refractivity contribution is 4.99. The molecule has 2 heterocycles. The molecule has 1 aliphatic rings. The van der Waals surface area contributed by atoms with Crippen molar-refractivity contribution in [3.63, 3.8) is 0 Å². The molecule has 1 saturated heterocycles. The van der Waals surface area contributed by atoms with Crippen LogP contribution in [0.3, 0.4) is 0 Å². The van der Waals surface area contributed by atoms with Gasteiger partial charge in [0.15, 0.2) is 0 Å². The Morgan fingerprint density at radius 1 is 1.70 bits per heavy atom. The summed E-state index contributed by atoms with van der Waals surface area (Å²) in [4.78, 5) is 0. The second kappa shape index (κ2) is 2.30. The minimum absolute atomic E-state index is 0.386. The summed E-state index contributed by atoms with van der Waals surface area (Å²) in [5, 5.41) is 10.9. The highest BCUT2D eigenvalue weighted by Crippen LogP contribution is 2.13. The van der Waals surface area contributed by atoms with Crippen molar-refractivity contribution in [2.75, 3.05) is 6.61 Å². The van der Waals surface area contributed by atoms with E-state index >= 15 is 0 Å². The Kier molecular flexibility index (Phi) is 1.32. The van der Waals surface area contributed by atoms with Crippen LogP contribution in [0.2, 0.25) is 0 Å². The minimum Gasteiger partial charge on any atom is -0.373 e. The van der Waals surface area contributed by atoms with Gasteiger partial charge >= 0.3 is 0 Å². The first-order valence-corrected chi connectivity index (χ1v) is 3.20. The number of epoxide rings is 1. The third kappa shape index (κ3) is 1.27. The van der Waals surface area contributed by atoms with Gasteiger partial charge in [0, 0.05) is 6.42 Å². The van der Waals surface area contributed by atoms with Crippen molar-refractivity contribution in [3.05, 3.63) is 18.0 Å². The molecule has 0 spiro atoms. The summed E-state index contributed by atoms with van der Waals surface area (Å²) in [6.45, 7) is 0.865. The lowest BCUT2D eigenvalue weighted by atomic mass is 10.2. The summed E-state index contributed by atoms with van der Waals surface area (Å²) < 4.78 is 5.02. The lowest BCUT2D eigenvalue weighted by molar-refractivity contribution is 0.405. The maximum absolute atomic E-state index is 5.02. The molecule has 0 aliphatic carbocycles. The molecule has 1 fully saturated rings. The van der Waals surface area contributed by atoms with Gasteiger partial charge in [-0.05, 0) is 11.3 Å². The van der Waals surface area contributed by atoms with Gasteiger partial charge in [0.2, 0.25) is 0 Å². The maximum Gasteiger partial charge on any atom is 0.0865 e. The highest BCUT2D eigenvalue weighted by atomic mass is 16.6. The van der Waals surface area contributed by atoms with E-state index in [0.29, 0.717) is 6.10 Å². The third-order valence-corrected chi connectivity index (χ3v) is 1.40. The molecule has 4 nitrogen and oxygen atoms in total. The molecule has 52 valence electrons. The standard InChI is InChI=1S/C6H7N3O/c1-2-7-9-8-5(1)3-6-4-10-6/h1-2,6H,3-4H2. The van der Waals surface area contributed by atoms with Gasteiger partial charge < -0.3 is 4.74 Å². The van der Waals surface area contributed by atoms with Gasteiger partial charge in [0.05, 0.1) is 24.6 Å². The molecule has 0 N–H and O–H groups in total. The first-order chi connectivity index (χ1) is 4.95. The van der Waals surface area contributed by atoms with Crippen molar-refractivity contribution in [2.24, 2.45) is 0 Å². The van der Waals surface area contributed by atoms with Crippen LogP contribution in [-0.4, -0.2) is 28.1 Å². The fourth-order valence-corrected chi connectivity index (χ4v) is 0.794. The average molecular weight is 137 g/mol. The Morgan fingerprint density at radius 2 is 2.60 bits per heavy atom. The second-order valence-electron chi connectivity index (χ2n) is 2.27. The molecular formula is C6H7N3O. The van der Waals surface area contributed by atoms with Crippen LogP contribution in [-0.2, 0) is 11.2 Å². The fourth-order valence-electron chi connectivity index (χ4n) is 0.794. The van der Waals surface area contributed by atoms with Crippen LogP contribution in [0.1, 0.15) is 5.69 Å². The summed E-state index contributed by atoms with van der Waals surface area (Å²) in [7, 11) is 0. The van der Waals surface area contributed by atoms with Gasteiger partial charge in [-0.25, -0.2) is 0 Å². The van der Waals surface area contributed by atoms with Gasteiger partial charge in [-0.2, -0.15) is 0 Å². The number of aromatic nitrogens is 3. The van der Waals surface area contributed by atoms with E-state index in [2.05, 4.69) is 15.4 Å². The van der Waals surface area contributed by atoms with E-state index in [1.54, 1.807) is 6.20 Å². The quantitative estimate of drug-likeness (QED) is 0.530. The van der Waals surface area contributed by atoms with Crippen molar-refractivity contribution < 1.29 is 4.74 Å². The molecule has 0 radical (unpaired) electrons. The van der Waals surface area contributed by atoms with Crippen molar-refractivity contribution in [1.82, 2.24) is 15.4 Å². The van der Waals surface area contributed by atoms with Gasteiger partial charge in [0.25, 0.3) is 0 Å². The molecule has 10 heavy (non-hydrogen) atoms. The summed E-state index contributed by atoms with van der Waals surface area (Å²) >= 11 is 0. The van der Waals surface area contributed by atoms with E-state index in [-0.39, 0.29) is 0 Å². The van der Waals surface area contributed by atoms with E-state index in [4.69, 9.17) is 4.74 Å². The molecule has 0 bridgehead atoms.